The van der Waals surface area contributed by atoms with Crippen LogP contribution in [-0.2, 0) is 4.79 Å². The molecule has 0 aliphatic heterocycles. The Balaban J connectivity index is 2.73. The molecule has 0 saturated heterocycles. The van der Waals surface area contributed by atoms with Crippen LogP contribution >= 0.6 is 0 Å². The normalized spacial score (nSPS) is 32.1. The maximum atomic E-state index is 10.6. The van der Waals surface area contributed by atoms with Crippen molar-refractivity contribution in [3.63, 3.8) is 0 Å². The maximum absolute atomic E-state index is 10.6. The summed E-state index contributed by atoms with van der Waals surface area (Å²) in [6.07, 6.45) is 1.39. The summed E-state index contributed by atoms with van der Waals surface area (Å²) in [5, 5.41) is 8.77. The van der Waals surface area contributed by atoms with Crippen molar-refractivity contribution in [2.45, 2.75) is 40.5 Å². The lowest BCUT2D eigenvalue weighted by molar-refractivity contribution is -0.139. The molecule has 0 aromatic carbocycles. The summed E-state index contributed by atoms with van der Waals surface area (Å²) >= 11 is 0. The van der Waals surface area contributed by atoms with Gasteiger partial charge in [0.05, 0.1) is 6.42 Å². The predicted octanol–water partition coefficient (Wildman–Crippen LogP) is 2.53. The van der Waals surface area contributed by atoms with Crippen LogP contribution in [0.1, 0.15) is 40.5 Å². The summed E-state index contributed by atoms with van der Waals surface area (Å²) in [6.45, 7) is 8.57. The number of aliphatic carboxylic acids is 1. The monoisotopic (exact) mass is 170 g/mol. The molecule has 12 heavy (non-hydrogen) atoms. The van der Waals surface area contributed by atoms with Gasteiger partial charge in [-0.3, -0.25) is 4.79 Å². The molecule has 1 fully saturated rings. The second-order valence-corrected chi connectivity index (χ2v) is 4.94. The predicted molar refractivity (Wildman–Crippen MR) is 47.9 cm³/mol. The summed E-state index contributed by atoms with van der Waals surface area (Å²) in [5.74, 6) is -0.183. The molecule has 0 heterocycles. The topological polar surface area (TPSA) is 37.3 Å². The molecule has 1 unspecified atom stereocenters. The first-order chi connectivity index (χ1) is 5.32. The van der Waals surface area contributed by atoms with E-state index in [0.717, 1.165) is 6.42 Å². The van der Waals surface area contributed by atoms with Gasteiger partial charge in [-0.15, -0.1) is 0 Å². The van der Waals surface area contributed by atoms with Crippen LogP contribution in [0.5, 0.6) is 0 Å². The molecule has 1 N–H and O–H groups in total. The van der Waals surface area contributed by atoms with E-state index in [2.05, 4.69) is 27.7 Å². The maximum Gasteiger partial charge on any atom is 0.303 e. The first-order valence-corrected chi connectivity index (χ1v) is 4.54. The zero-order valence-electron chi connectivity index (χ0n) is 8.35. The minimum absolute atomic E-state index is 0.0683. The summed E-state index contributed by atoms with van der Waals surface area (Å²) in [4.78, 5) is 10.6. The molecule has 2 heteroatoms. The smallest absolute Gasteiger partial charge is 0.303 e. The highest BCUT2D eigenvalue weighted by Crippen LogP contribution is 2.69. The van der Waals surface area contributed by atoms with Crippen LogP contribution < -0.4 is 0 Å². The Kier molecular flexibility index (Phi) is 1.97. The van der Waals surface area contributed by atoms with Crippen LogP contribution in [0.3, 0.4) is 0 Å². The van der Waals surface area contributed by atoms with E-state index in [9.17, 15) is 4.79 Å². The van der Waals surface area contributed by atoms with Crippen LogP contribution in [0, 0.1) is 16.7 Å². The van der Waals surface area contributed by atoms with Crippen molar-refractivity contribution in [3.8, 4) is 0 Å². The van der Waals surface area contributed by atoms with Gasteiger partial charge in [0.1, 0.15) is 0 Å². The van der Waals surface area contributed by atoms with Crippen molar-refractivity contribution >= 4 is 5.97 Å². The third kappa shape index (κ3) is 1.23. The molecule has 0 aromatic heterocycles. The lowest BCUT2D eigenvalue weighted by Gasteiger charge is -2.22. The first-order valence-electron chi connectivity index (χ1n) is 4.54. The molecule has 0 aromatic rings. The fourth-order valence-electron chi connectivity index (χ4n) is 2.51. The van der Waals surface area contributed by atoms with Crippen molar-refractivity contribution in [1.82, 2.24) is 0 Å². The molecule has 0 spiro atoms. The van der Waals surface area contributed by atoms with Crippen molar-refractivity contribution in [2.75, 3.05) is 0 Å². The van der Waals surface area contributed by atoms with Crippen LogP contribution in [0.15, 0.2) is 0 Å². The van der Waals surface area contributed by atoms with Gasteiger partial charge < -0.3 is 5.11 Å². The molecule has 2 nitrogen and oxygen atoms in total. The number of carbonyl (C=O) groups is 1. The summed E-state index contributed by atoms with van der Waals surface area (Å²) in [7, 11) is 0. The average molecular weight is 170 g/mol. The van der Waals surface area contributed by atoms with Crippen LogP contribution in [0.4, 0.5) is 0 Å². The van der Waals surface area contributed by atoms with E-state index in [0.29, 0.717) is 12.3 Å². The van der Waals surface area contributed by atoms with Gasteiger partial charge in [-0.1, -0.05) is 27.7 Å². The standard InChI is InChI=1S/C10H18O2/c1-7(2)10(5-8(11)12)6-9(10,3)4/h7H,5-6H2,1-4H3,(H,11,12). The third-order valence-electron chi connectivity index (χ3n) is 3.55. The second kappa shape index (κ2) is 2.48. The molecule has 70 valence electrons. The highest BCUT2D eigenvalue weighted by molar-refractivity contribution is 5.68. The first kappa shape index (κ1) is 9.56. The molecular weight excluding hydrogens is 152 g/mol. The minimum atomic E-state index is -0.658. The summed E-state index contributed by atoms with van der Waals surface area (Å²) < 4.78 is 0. The highest BCUT2D eigenvalue weighted by Gasteiger charge is 2.63. The van der Waals surface area contributed by atoms with Gasteiger partial charge in [0.2, 0.25) is 0 Å². The van der Waals surface area contributed by atoms with E-state index in [4.69, 9.17) is 5.11 Å². The molecule has 1 aliphatic carbocycles. The number of carboxylic acid groups (broad SMARTS) is 1. The van der Waals surface area contributed by atoms with E-state index in [1.54, 1.807) is 0 Å². The van der Waals surface area contributed by atoms with E-state index in [1.807, 2.05) is 0 Å². The van der Waals surface area contributed by atoms with Gasteiger partial charge in [-0.25, -0.2) is 0 Å². The Morgan fingerprint density at radius 3 is 2.00 bits per heavy atom. The Hall–Kier alpha value is -0.530. The van der Waals surface area contributed by atoms with Gasteiger partial charge >= 0.3 is 5.97 Å². The molecular formula is C10H18O2. The molecule has 0 radical (unpaired) electrons. The lowest BCUT2D eigenvalue weighted by atomic mass is 9.82. The molecule has 1 rings (SSSR count). The minimum Gasteiger partial charge on any atom is -0.481 e. The number of hydrogen-bond acceptors (Lipinski definition) is 1. The Morgan fingerprint density at radius 2 is 1.92 bits per heavy atom. The van der Waals surface area contributed by atoms with Gasteiger partial charge in [-0.2, -0.15) is 0 Å². The molecule has 1 saturated carbocycles. The van der Waals surface area contributed by atoms with Crippen LogP contribution in [0.2, 0.25) is 0 Å². The lowest BCUT2D eigenvalue weighted by Crippen LogP contribution is -2.20. The fourth-order valence-corrected chi connectivity index (χ4v) is 2.51. The summed E-state index contributed by atoms with van der Waals surface area (Å²) in [5.41, 5.74) is 0.304. The average Bonchev–Trinajstić information content (AvgIpc) is 2.33. The van der Waals surface area contributed by atoms with Crippen molar-refractivity contribution in [1.29, 1.82) is 0 Å². The van der Waals surface area contributed by atoms with Crippen LogP contribution in [-0.4, -0.2) is 11.1 Å². The van der Waals surface area contributed by atoms with Crippen LogP contribution in [0.25, 0.3) is 0 Å². The van der Waals surface area contributed by atoms with Crippen molar-refractivity contribution < 1.29 is 9.90 Å². The zero-order valence-corrected chi connectivity index (χ0v) is 8.35. The van der Waals surface area contributed by atoms with E-state index >= 15 is 0 Å². The summed E-state index contributed by atoms with van der Waals surface area (Å²) in [6, 6.07) is 0. The second-order valence-electron chi connectivity index (χ2n) is 4.94. The van der Waals surface area contributed by atoms with E-state index in [-0.39, 0.29) is 10.8 Å². The third-order valence-corrected chi connectivity index (χ3v) is 3.55. The number of rotatable bonds is 3. The number of carboxylic acids is 1. The van der Waals surface area contributed by atoms with E-state index < -0.39 is 5.97 Å². The SMILES string of the molecule is CC(C)C1(CC(=O)O)CC1(C)C. The number of hydrogen-bond donors (Lipinski definition) is 1. The largest absolute Gasteiger partial charge is 0.481 e. The van der Waals surface area contributed by atoms with E-state index in [1.165, 1.54) is 0 Å². The van der Waals surface area contributed by atoms with Gasteiger partial charge in [0, 0.05) is 0 Å². The molecule has 1 atom stereocenters. The highest BCUT2D eigenvalue weighted by atomic mass is 16.4. The zero-order chi connectivity index (χ0) is 9.57. The molecule has 0 amide bonds. The fraction of sp³-hybridized carbons (Fsp3) is 0.900. The quantitative estimate of drug-likeness (QED) is 0.706. The van der Waals surface area contributed by atoms with Gasteiger partial charge in [-0.05, 0) is 23.2 Å². The molecule has 0 bridgehead atoms. The molecule has 1 aliphatic rings. The van der Waals surface area contributed by atoms with Gasteiger partial charge in [0.15, 0.2) is 0 Å². The Bertz CT molecular complexity index is 206. The Morgan fingerprint density at radius 1 is 1.50 bits per heavy atom. The Labute approximate surface area is 74.0 Å². The van der Waals surface area contributed by atoms with Crippen molar-refractivity contribution in [3.05, 3.63) is 0 Å². The van der Waals surface area contributed by atoms with Crippen molar-refractivity contribution in [2.24, 2.45) is 16.7 Å². The van der Waals surface area contributed by atoms with Gasteiger partial charge in [0.25, 0.3) is 0 Å².